The Morgan fingerprint density at radius 1 is 1.25 bits per heavy atom. The standard InChI is InChI=1S/C13H26N2O/c1-11(2)12(16)14-10-13(3,4)15-8-6-5-7-9-15/h11H,5-10H2,1-4H3,(H,14,16). The van der Waals surface area contributed by atoms with E-state index in [1.807, 2.05) is 13.8 Å². The van der Waals surface area contributed by atoms with Crippen LogP contribution in [0.15, 0.2) is 0 Å². The van der Waals surface area contributed by atoms with Crippen molar-refractivity contribution in [2.75, 3.05) is 19.6 Å². The van der Waals surface area contributed by atoms with E-state index in [1.54, 1.807) is 0 Å². The molecule has 1 heterocycles. The molecule has 1 saturated heterocycles. The Morgan fingerprint density at radius 2 is 1.81 bits per heavy atom. The van der Waals surface area contributed by atoms with Gasteiger partial charge < -0.3 is 5.32 Å². The second-order valence-electron chi connectivity index (χ2n) is 5.73. The van der Waals surface area contributed by atoms with E-state index in [-0.39, 0.29) is 17.4 Å². The van der Waals surface area contributed by atoms with Crippen LogP contribution in [0.5, 0.6) is 0 Å². The molecule has 1 N–H and O–H groups in total. The van der Waals surface area contributed by atoms with Gasteiger partial charge in [0.15, 0.2) is 0 Å². The first-order chi connectivity index (χ1) is 7.43. The van der Waals surface area contributed by atoms with Gasteiger partial charge in [0.25, 0.3) is 0 Å². The summed E-state index contributed by atoms with van der Waals surface area (Å²) in [5.74, 6) is 0.238. The molecule has 0 aromatic carbocycles. The van der Waals surface area contributed by atoms with Gasteiger partial charge in [0.2, 0.25) is 5.91 Å². The highest BCUT2D eigenvalue weighted by atomic mass is 16.1. The molecule has 0 spiro atoms. The van der Waals surface area contributed by atoms with Crippen LogP contribution < -0.4 is 5.32 Å². The van der Waals surface area contributed by atoms with E-state index in [9.17, 15) is 4.79 Å². The van der Waals surface area contributed by atoms with Crippen LogP contribution in [-0.2, 0) is 4.79 Å². The highest BCUT2D eigenvalue weighted by Gasteiger charge is 2.28. The summed E-state index contributed by atoms with van der Waals surface area (Å²) in [5.41, 5.74) is 0.0883. The van der Waals surface area contributed by atoms with Crippen molar-refractivity contribution in [1.82, 2.24) is 10.2 Å². The third-order valence-corrected chi connectivity index (χ3v) is 3.43. The van der Waals surface area contributed by atoms with Gasteiger partial charge >= 0.3 is 0 Å². The Labute approximate surface area is 99.6 Å². The number of piperidine rings is 1. The molecule has 0 aliphatic carbocycles. The minimum atomic E-state index is 0.0807. The van der Waals surface area contributed by atoms with Crippen LogP contribution in [0.2, 0.25) is 0 Å². The first-order valence-corrected chi connectivity index (χ1v) is 6.46. The van der Waals surface area contributed by atoms with E-state index in [0.29, 0.717) is 0 Å². The Bertz CT molecular complexity index is 230. The lowest BCUT2D eigenvalue weighted by molar-refractivity contribution is -0.124. The second-order valence-corrected chi connectivity index (χ2v) is 5.73. The monoisotopic (exact) mass is 226 g/mol. The van der Waals surface area contributed by atoms with Crippen LogP contribution in [0.1, 0.15) is 47.0 Å². The fourth-order valence-corrected chi connectivity index (χ4v) is 2.12. The number of likely N-dealkylation sites (tertiary alicyclic amines) is 1. The molecular weight excluding hydrogens is 200 g/mol. The molecule has 16 heavy (non-hydrogen) atoms. The number of hydrogen-bond donors (Lipinski definition) is 1. The third kappa shape index (κ3) is 3.78. The molecule has 0 aromatic heterocycles. The maximum absolute atomic E-state index is 11.5. The predicted octanol–water partition coefficient (Wildman–Crippen LogP) is 2.02. The SMILES string of the molecule is CC(C)C(=O)NCC(C)(C)N1CCCCC1. The summed E-state index contributed by atoms with van der Waals surface area (Å²) in [6, 6.07) is 0. The lowest BCUT2D eigenvalue weighted by Crippen LogP contribution is -2.53. The molecule has 3 heteroatoms. The zero-order chi connectivity index (χ0) is 12.2. The van der Waals surface area contributed by atoms with Gasteiger partial charge in [-0.25, -0.2) is 0 Å². The van der Waals surface area contributed by atoms with E-state index in [2.05, 4.69) is 24.1 Å². The summed E-state index contributed by atoms with van der Waals surface area (Å²) in [4.78, 5) is 14.0. The summed E-state index contributed by atoms with van der Waals surface area (Å²) in [5, 5.41) is 3.04. The molecule has 0 saturated carbocycles. The normalized spacial score (nSPS) is 18.8. The maximum atomic E-state index is 11.5. The molecule has 3 nitrogen and oxygen atoms in total. The van der Waals surface area contributed by atoms with E-state index < -0.39 is 0 Å². The van der Waals surface area contributed by atoms with Gasteiger partial charge in [0.05, 0.1) is 0 Å². The molecule has 0 bridgehead atoms. The third-order valence-electron chi connectivity index (χ3n) is 3.43. The van der Waals surface area contributed by atoms with E-state index >= 15 is 0 Å². The van der Waals surface area contributed by atoms with Crippen LogP contribution in [0.25, 0.3) is 0 Å². The predicted molar refractivity (Wildman–Crippen MR) is 67.4 cm³/mol. The smallest absolute Gasteiger partial charge is 0.222 e. The van der Waals surface area contributed by atoms with Crippen molar-refractivity contribution in [3.63, 3.8) is 0 Å². The summed E-state index contributed by atoms with van der Waals surface area (Å²) >= 11 is 0. The number of rotatable bonds is 4. The first-order valence-electron chi connectivity index (χ1n) is 6.46. The van der Waals surface area contributed by atoms with Gasteiger partial charge in [-0.05, 0) is 39.8 Å². The number of carbonyl (C=O) groups excluding carboxylic acids is 1. The van der Waals surface area contributed by atoms with Crippen molar-refractivity contribution in [3.05, 3.63) is 0 Å². The van der Waals surface area contributed by atoms with Crippen molar-refractivity contribution < 1.29 is 4.79 Å². The Balaban J connectivity index is 2.40. The molecule has 0 atom stereocenters. The van der Waals surface area contributed by atoms with Crippen LogP contribution in [-0.4, -0.2) is 36.0 Å². The average Bonchev–Trinajstić information content (AvgIpc) is 2.27. The molecule has 1 aliphatic rings. The molecule has 0 aromatic rings. The molecule has 94 valence electrons. The van der Waals surface area contributed by atoms with Crippen molar-refractivity contribution in [2.45, 2.75) is 52.5 Å². The molecule has 1 fully saturated rings. The van der Waals surface area contributed by atoms with Crippen molar-refractivity contribution >= 4 is 5.91 Å². The van der Waals surface area contributed by atoms with Crippen LogP contribution in [0.4, 0.5) is 0 Å². The summed E-state index contributed by atoms with van der Waals surface area (Å²) in [7, 11) is 0. The highest BCUT2D eigenvalue weighted by molar-refractivity contribution is 5.77. The molecule has 1 aliphatic heterocycles. The lowest BCUT2D eigenvalue weighted by atomic mass is 9.98. The van der Waals surface area contributed by atoms with Crippen molar-refractivity contribution in [1.29, 1.82) is 0 Å². The number of hydrogen-bond acceptors (Lipinski definition) is 2. The van der Waals surface area contributed by atoms with Gasteiger partial charge in [0.1, 0.15) is 0 Å². The Kier molecular flexibility index (Phi) is 4.78. The first kappa shape index (κ1) is 13.5. The average molecular weight is 226 g/mol. The van der Waals surface area contributed by atoms with Crippen LogP contribution in [0, 0.1) is 5.92 Å². The Morgan fingerprint density at radius 3 is 2.31 bits per heavy atom. The van der Waals surface area contributed by atoms with Gasteiger partial charge in [-0.15, -0.1) is 0 Å². The number of nitrogens with zero attached hydrogens (tertiary/aromatic N) is 1. The van der Waals surface area contributed by atoms with Gasteiger partial charge in [-0.2, -0.15) is 0 Å². The van der Waals surface area contributed by atoms with Gasteiger partial charge in [0, 0.05) is 18.0 Å². The highest BCUT2D eigenvalue weighted by Crippen LogP contribution is 2.19. The van der Waals surface area contributed by atoms with Crippen molar-refractivity contribution in [2.24, 2.45) is 5.92 Å². The minimum absolute atomic E-state index is 0.0807. The molecule has 1 amide bonds. The van der Waals surface area contributed by atoms with E-state index in [1.165, 1.54) is 32.4 Å². The zero-order valence-electron chi connectivity index (χ0n) is 11.2. The fourth-order valence-electron chi connectivity index (χ4n) is 2.12. The summed E-state index contributed by atoms with van der Waals surface area (Å²) in [6.45, 7) is 11.4. The summed E-state index contributed by atoms with van der Waals surface area (Å²) < 4.78 is 0. The topological polar surface area (TPSA) is 32.3 Å². The number of amides is 1. The largest absolute Gasteiger partial charge is 0.354 e. The zero-order valence-corrected chi connectivity index (χ0v) is 11.2. The van der Waals surface area contributed by atoms with Crippen LogP contribution >= 0.6 is 0 Å². The molecule has 1 rings (SSSR count). The number of carbonyl (C=O) groups is 1. The van der Waals surface area contributed by atoms with Crippen LogP contribution in [0.3, 0.4) is 0 Å². The quantitative estimate of drug-likeness (QED) is 0.795. The molecule has 0 radical (unpaired) electrons. The van der Waals surface area contributed by atoms with Crippen molar-refractivity contribution in [3.8, 4) is 0 Å². The maximum Gasteiger partial charge on any atom is 0.222 e. The molecular formula is C13H26N2O. The summed E-state index contributed by atoms with van der Waals surface area (Å²) in [6.07, 6.45) is 3.94. The molecule has 0 unspecified atom stereocenters. The second kappa shape index (κ2) is 5.67. The lowest BCUT2D eigenvalue weighted by Gasteiger charge is -2.41. The van der Waals surface area contributed by atoms with Gasteiger partial charge in [-0.1, -0.05) is 20.3 Å². The number of nitrogens with one attached hydrogen (secondary N) is 1. The van der Waals surface area contributed by atoms with Gasteiger partial charge in [-0.3, -0.25) is 9.69 Å². The van der Waals surface area contributed by atoms with E-state index in [0.717, 1.165) is 6.54 Å². The fraction of sp³-hybridized carbons (Fsp3) is 0.923. The van der Waals surface area contributed by atoms with E-state index in [4.69, 9.17) is 0 Å². The minimum Gasteiger partial charge on any atom is -0.354 e. The Hall–Kier alpha value is -0.570.